The predicted molar refractivity (Wildman–Crippen MR) is 117 cm³/mol. The minimum absolute atomic E-state index is 0.0389. The molecule has 1 fully saturated rings. The Hall–Kier alpha value is -1.98. The van der Waals surface area contributed by atoms with Crippen molar-refractivity contribution >= 4 is 31.9 Å². The van der Waals surface area contributed by atoms with Crippen LogP contribution in [-0.4, -0.2) is 47.6 Å². The number of hydrogen-bond donors (Lipinski definition) is 3. The van der Waals surface area contributed by atoms with Crippen molar-refractivity contribution < 1.29 is 28.3 Å². The van der Waals surface area contributed by atoms with E-state index < -0.39 is 33.5 Å². The number of hydroxylamine groups is 1. The molecule has 0 radical (unpaired) electrons. The molecule has 1 amide bonds. The van der Waals surface area contributed by atoms with Gasteiger partial charge < -0.3 is 9.84 Å². The molecule has 0 bridgehead atoms. The minimum Gasteiger partial charge on any atom is -0.489 e. The van der Waals surface area contributed by atoms with Gasteiger partial charge in [0.25, 0.3) is 5.91 Å². The highest BCUT2D eigenvalue weighted by atomic mass is 79.9. The van der Waals surface area contributed by atoms with Crippen LogP contribution in [0.4, 0.5) is 0 Å². The average molecular weight is 513 g/mol. The fourth-order valence-corrected chi connectivity index (χ4v) is 6.13. The molecule has 168 valence electrons. The number of amides is 1. The molecular formula is C21H25BrN2O6S. The molecule has 1 aliphatic heterocycles. The van der Waals surface area contributed by atoms with Crippen LogP contribution >= 0.6 is 15.9 Å². The van der Waals surface area contributed by atoms with Crippen LogP contribution in [0.25, 0.3) is 0 Å². The first-order valence-corrected chi connectivity index (χ1v) is 11.9. The lowest BCUT2D eigenvalue weighted by Crippen LogP contribution is -2.62. The van der Waals surface area contributed by atoms with Gasteiger partial charge in [0.1, 0.15) is 18.4 Å². The zero-order valence-corrected chi connectivity index (χ0v) is 19.6. The molecule has 2 aromatic carbocycles. The smallest absolute Gasteiger partial charge is 0.262 e. The number of aliphatic hydroxyl groups is 1. The highest BCUT2D eigenvalue weighted by molar-refractivity contribution is 9.10. The number of piperidine rings is 1. The number of β-amino-alcohol motifs (C(OH)–C–C–N with tert-alkyl or cyclic N) is 1. The number of carbonyl (C=O) groups excluding carboxylic acids is 1. The van der Waals surface area contributed by atoms with Crippen LogP contribution in [0.2, 0.25) is 0 Å². The molecule has 8 nitrogen and oxygen atoms in total. The van der Waals surface area contributed by atoms with Gasteiger partial charge in [0.15, 0.2) is 0 Å². The number of sulfonamides is 1. The first kappa shape index (κ1) is 23.7. The van der Waals surface area contributed by atoms with Crippen molar-refractivity contribution in [2.75, 3.05) is 6.54 Å². The summed E-state index contributed by atoms with van der Waals surface area (Å²) in [5.41, 5.74) is 1.62. The quantitative estimate of drug-likeness (QED) is 0.404. The van der Waals surface area contributed by atoms with Crippen molar-refractivity contribution in [2.24, 2.45) is 5.41 Å². The third-order valence-electron chi connectivity index (χ3n) is 5.26. The van der Waals surface area contributed by atoms with Gasteiger partial charge in [0.2, 0.25) is 10.0 Å². The summed E-state index contributed by atoms with van der Waals surface area (Å²) in [5.74, 6) is -0.350. The summed E-state index contributed by atoms with van der Waals surface area (Å²) >= 11 is 3.40. The molecule has 10 heteroatoms. The lowest BCUT2D eigenvalue weighted by molar-refractivity contribution is -0.140. The maximum atomic E-state index is 13.3. The Bertz CT molecular complexity index is 1040. The van der Waals surface area contributed by atoms with Crippen LogP contribution in [-0.2, 0) is 21.4 Å². The van der Waals surface area contributed by atoms with E-state index in [0.717, 1.165) is 14.3 Å². The molecular weight excluding hydrogens is 488 g/mol. The van der Waals surface area contributed by atoms with Crippen LogP contribution in [0, 0.1) is 5.41 Å². The summed E-state index contributed by atoms with van der Waals surface area (Å²) in [6.45, 7) is 3.43. The largest absolute Gasteiger partial charge is 0.489 e. The van der Waals surface area contributed by atoms with Crippen LogP contribution in [0.1, 0.15) is 25.8 Å². The molecule has 0 aliphatic carbocycles. The standard InChI is InChI=1S/C21H25BrN2O6S/c1-21(2)11-16(25)12-24(19(21)20(26)23-27)31(28,29)18-8-6-17(7-9-18)30-13-14-4-3-5-15(22)10-14/h3-10,16,19,25,27H,11-13H2,1-2H3,(H,23,26)/t16-,19+/m1/s1. The normalized spacial score (nSPS) is 21.5. The van der Waals surface area contributed by atoms with Crippen LogP contribution in [0.15, 0.2) is 57.9 Å². The molecule has 0 aromatic heterocycles. The van der Waals surface area contributed by atoms with E-state index in [1.54, 1.807) is 19.3 Å². The van der Waals surface area contributed by atoms with E-state index in [1.165, 1.54) is 24.3 Å². The Balaban J connectivity index is 1.82. The SMILES string of the molecule is CC1(C)C[C@@H](O)CN(S(=O)(=O)c2ccc(OCc3cccc(Br)c3)cc2)[C@H]1C(=O)NO. The average Bonchev–Trinajstić information content (AvgIpc) is 2.71. The predicted octanol–water partition coefficient (Wildman–Crippen LogP) is 2.68. The molecule has 3 N–H and O–H groups in total. The second-order valence-corrected chi connectivity index (χ2v) is 11.0. The van der Waals surface area contributed by atoms with Gasteiger partial charge in [0.05, 0.1) is 11.0 Å². The number of rotatable bonds is 6. The number of carbonyl (C=O) groups is 1. The van der Waals surface area contributed by atoms with Crippen molar-refractivity contribution in [3.05, 3.63) is 58.6 Å². The van der Waals surface area contributed by atoms with Crippen molar-refractivity contribution in [3.8, 4) is 5.75 Å². The van der Waals surface area contributed by atoms with Gasteiger partial charge in [0, 0.05) is 11.0 Å². The number of ether oxygens (including phenoxy) is 1. The van der Waals surface area contributed by atoms with E-state index in [-0.39, 0.29) is 17.9 Å². The Morgan fingerprint density at radius 1 is 1.26 bits per heavy atom. The fraction of sp³-hybridized carbons (Fsp3) is 0.381. The third-order valence-corrected chi connectivity index (χ3v) is 7.60. The summed E-state index contributed by atoms with van der Waals surface area (Å²) in [6, 6.07) is 12.3. The number of aliphatic hydroxyl groups excluding tert-OH is 1. The van der Waals surface area contributed by atoms with Gasteiger partial charge in [-0.3, -0.25) is 10.0 Å². The summed E-state index contributed by atoms with van der Waals surface area (Å²) in [6.07, 6.45) is -0.709. The number of nitrogens with one attached hydrogen (secondary N) is 1. The maximum absolute atomic E-state index is 13.3. The monoisotopic (exact) mass is 512 g/mol. The second-order valence-electron chi connectivity index (χ2n) is 8.19. The second kappa shape index (κ2) is 9.25. The number of hydrogen-bond acceptors (Lipinski definition) is 6. The number of nitrogens with zero attached hydrogens (tertiary/aromatic N) is 1. The molecule has 31 heavy (non-hydrogen) atoms. The van der Waals surface area contributed by atoms with E-state index >= 15 is 0 Å². The molecule has 1 saturated heterocycles. The topological polar surface area (TPSA) is 116 Å². The summed E-state index contributed by atoms with van der Waals surface area (Å²) in [7, 11) is -4.12. The zero-order valence-electron chi connectivity index (χ0n) is 17.2. The van der Waals surface area contributed by atoms with E-state index in [4.69, 9.17) is 9.94 Å². The zero-order chi connectivity index (χ0) is 22.8. The van der Waals surface area contributed by atoms with E-state index in [9.17, 15) is 18.3 Å². The molecule has 0 saturated carbocycles. The Morgan fingerprint density at radius 2 is 1.94 bits per heavy atom. The lowest BCUT2D eigenvalue weighted by atomic mass is 9.76. The van der Waals surface area contributed by atoms with Crippen LogP contribution < -0.4 is 10.2 Å². The Kier molecular flexibility index (Phi) is 7.07. The van der Waals surface area contributed by atoms with Crippen molar-refractivity contribution in [1.82, 2.24) is 9.79 Å². The van der Waals surface area contributed by atoms with Crippen LogP contribution in [0.3, 0.4) is 0 Å². The highest BCUT2D eigenvalue weighted by Crippen LogP contribution is 2.38. The van der Waals surface area contributed by atoms with Gasteiger partial charge in [-0.15, -0.1) is 0 Å². The first-order valence-electron chi connectivity index (χ1n) is 9.66. The van der Waals surface area contributed by atoms with Gasteiger partial charge in [-0.05, 0) is 53.8 Å². The summed E-state index contributed by atoms with van der Waals surface area (Å²) in [5, 5.41) is 19.4. The summed E-state index contributed by atoms with van der Waals surface area (Å²) in [4.78, 5) is 12.3. The fourth-order valence-electron chi connectivity index (χ4n) is 3.91. The van der Waals surface area contributed by atoms with E-state index in [1.807, 2.05) is 24.3 Å². The Labute approximate surface area is 190 Å². The van der Waals surface area contributed by atoms with Gasteiger partial charge in [-0.1, -0.05) is 41.9 Å². The lowest BCUT2D eigenvalue weighted by Gasteiger charge is -2.45. The summed E-state index contributed by atoms with van der Waals surface area (Å²) < 4.78 is 34.2. The van der Waals surface area contributed by atoms with Gasteiger partial charge in [-0.25, -0.2) is 13.9 Å². The molecule has 0 unspecified atom stereocenters. The Morgan fingerprint density at radius 3 is 2.55 bits per heavy atom. The maximum Gasteiger partial charge on any atom is 0.262 e. The van der Waals surface area contributed by atoms with Crippen LogP contribution in [0.5, 0.6) is 5.75 Å². The highest BCUT2D eigenvalue weighted by Gasteiger charge is 2.50. The van der Waals surface area contributed by atoms with E-state index in [2.05, 4.69) is 15.9 Å². The third kappa shape index (κ3) is 5.27. The van der Waals surface area contributed by atoms with Gasteiger partial charge >= 0.3 is 0 Å². The van der Waals surface area contributed by atoms with E-state index in [0.29, 0.717) is 12.4 Å². The molecule has 2 aromatic rings. The molecule has 2 atom stereocenters. The number of benzene rings is 2. The first-order chi connectivity index (χ1) is 14.5. The van der Waals surface area contributed by atoms with Gasteiger partial charge in [-0.2, -0.15) is 4.31 Å². The minimum atomic E-state index is -4.12. The molecule has 3 rings (SSSR count). The molecule has 0 spiro atoms. The molecule has 1 heterocycles. The van der Waals surface area contributed by atoms with Crippen molar-refractivity contribution in [2.45, 2.75) is 43.9 Å². The van der Waals surface area contributed by atoms with Crippen molar-refractivity contribution in [1.29, 1.82) is 0 Å². The number of halogens is 1. The van der Waals surface area contributed by atoms with Crippen molar-refractivity contribution in [3.63, 3.8) is 0 Å². The molecule has 1 aliphatic rings.